The van der Waals surface area contributed by atoms with Crippen molar-refractivity contribution in [2.75, 3.05) is 13.2 Å². The summed E-state index contributed by atoms with van der Waals surface area (Å²) in [6, 6.07) is 3.68. The SMILES string of the molecule is Cc1ccc(/C=C2\NC(=S)N(CC3CCCO3)C2=O)o1. The quantitative estimate of drug-likeness (QED) is 0.680. The summed E-state index contributed by atoms with van der Waals surface area (Å²) in [6.45, 7) is 3.14. The summed E-state index contributed by atoms with van der Waals surface area (Å²) in [5.41, 5.74) is 0.447. The number of carbonyl (C=O) groups is 1. The second-order valence-electron chi connectivity index (χ2n) is 4.99. The van der Waals surface area contributed by atoms with Gasteiger partial charge in [0.05, 0.1) is 12.6 Å². The molecular weight excluding hydrogens is 276 g/mol. The van der Waals surface area contributed by atoms with Crippen molar-refractivity contribution < 1.29 is 13.9 Å². The molecule has 1 aromatic rings. The molecule has 1 unspecified atom stereocenters. The van der Waals surface area contributed by atoms with Gasteiger partial charge >= 0.3 is 0 Å². The fraction of sp³-hybridized carbons (Fsp3) is 0.429. The van der Waals surface area contributed by atoms with E-state index in [9.17, 15) is 4.79 Å². The molecule has 2 aliphatic heterocycles. The van der Waals surface area contributed by atoms with Crippen LogP contribution in [0.2, 0.25) is 0 Å². The first-order chi connectivity index (χ1) is 9.63. The Balaban J connectivity index is 1.74. The average Bonchev–Trinajstić information content (AvgIpc) is 3.10. The molecule has 0 saturated carbocycles. The van der Waals surface area contributed by atoms with Crippen LogP contribution in [-0.2, 0) is 9.53 Å². The third-order valence-electron chi connectivity index (χ3n) is 3.42. The Hall–Kier alpha value is -1.66. The molecule has 1 N–H and O–H groups in total. The first kappa shape index (κ1) is 13.3. The first-order valence-corrected chi connectivity index (χ1v) is 7.07. The van der Waals surface area contributed by atoms with Gasteiger partial charge in [0.2, 0.25) is 0 Å². The second kappa shape index (κ2) is 5.38. The summed E-state index contributed by atoms with van der Waals surface area (Å²) in [6.07, 6.45) is 3.78. The molecule has 1 aromatic heterocycles. The molecule has 6 heteroatoms. The molecule has 0 bridgehead atoms. The summed E-state index contributed by atoms with van der Waals surface area (Å²) < 4.78 is 11.0. The summed E-state index contributed by atoms with van der Waals surface area (Å²) in [5, 5.41) is 3.37. The summed E-state index contributed by atoms with van der Waals surface area (Å²) >= 11 is 5.22. The van der Waals surface area contributed by atoms with Gasteiger partial charge in [-0.15, -0.1) is 0 Å². The van der Waals surface area contributed by atoms with Crippen molar-refractivity contribution in [3.05, 3.63) is 29.4 Å². The third kappa shape index (κ3) is 2.62. The number of hydrogen-bond acceptors (Lipinski definition) is 4. The van der Waals surface area contributed by atoms with Crippen molar-refractivity contribution in [2.45, 2.75) is 25.9 Å². The van der Waals surface area contributed by atoms with Gasteiger partial charge in [0.15, 0.2) is 5.11 Å². The fourth-order valence-electron chi connectivity index (χ4n) is 2.40. The largest absolute Gasteiger partial charge is 0.462 e. The minimum absolute atomic E-state index is 0.0870. The predicted molar refractivity (Wildman–Crippen MR) is 77.8 cm³/mol. The van der Waals surface area contributed by atoms with Crippen molar-refractivity contribution in [1.29, 1.82) is 0 Å². The second-order valence-corrected chi connectivity index (χ2v) is 5.37. The van der Waals surface area contributed by atoms with Gasteiger partial charge in [-0.05, 0) is 44.1 Å². The van der Waals surface area contributed by atoms with Gasteiger partial charge < -0.3 is 14.5 Å². The summed E-state index contributed by atoms with van der Waals surface area (Å²) in [7, 11) is 0. The average molecular weight is 292 g/mol. The Morgan fingerprint density at radius 2 is 2.40 bits per heavy atom. The van der Waals surface area contributed by atoms with Gasteiger partial charge in [0.25, 0.3) is 5.91 Å². The highest BCUT2D eigenvalue weighted by atomic mass is 32.1. The van der Waals surface area contributed by atoms with Crippen molar-refractivity contribution in [3.63, 3.8) is 0 Å². The lowest BCUT2D eigenvalue weighted by atomic mass is 10.2. The number of thiocarbonyl (C=S) groups is 1. The van der Waals surface area contributed by atoms with Crippen molar-refractivity contribution in [1.82, 2.24) is 10.2 Å². The highest BCUT2D eigenvalue weighted by Crippen LogP contribution is 2.19. The Kier molecular flexibility index (Phi) is 3.58. The standard InChI is InChI=1S/C14H16N2O3S/c1-9-4-5-10(19-9)7-12-13(17)16(14(20)15-12)8-11-3-2-6-18-11/h4-5,7,11H,2-3,6,8H2,1H3,(H,15,20)/b12-7-. The predicted octanol–water partition coefficient (Wildman–Crippen LogP) is 1.82. The molecule has 2 aliphatic rings. The summed E-state index contributed by atoms with van der Waals surface area (Å²) in [5.74, 6) is 1.32. The minimum Gasteiger partial charge on any atom is -0.462 e. The number of nitrogens with zero attached hydrogens (tertiary/aromatic N) is 1. The van der Waals surface area contributed by atoms with Crippen LogP contribution in [0.15, 0.2) is 22.2 Å². The lowest BCUT2D eigenvalue weighted by Gasteiger charge is -2.18. The molecule has 5 nitrogen and oxygen atoms in total. The van der Waals surface area contributed by atoms with E-state index in [2.05, 4.69) is 5.32 Å². The van der Waals surface area contributed by atoms with Crippen LogP contribution >= 0.6 is 12.2 Å². The number of ether oxygens (including phenoxy) is 1. The van der Waals surface area contributed by atoms with Crippen LogP contribution in [0, 0.1) is 6.92 Å². The lowest BCUT2D eigenvalue weighted by molar-refractivity contribution is -0.123. The van der Waals surface area contributed by atoms with E-state index in [-0.39, 0.29) is 12.0 Å². The van der Waals surface area contributed by atoms with Crippen LogP contribution in [0.3, 0.4) is 0 Å². The Morgan fingerprint density at radius 3 is 3.05 bits per heavy atom. The highest BCUT2D eigenvalue weighted by molar-refractivity contribution is 7.80. The zero-order valence-electron chi connectivity index (χ0n) is 11.2. The number of aryl methyl sites for hydroxylation is 1. The van der Waals surface area contributed by atoms with Crippen LogP contribution in [-0.4, -0.2) is 35.2 Å². The van der Waals surface area contributed by atoms with Crippen molar-refractivity contribution in [2.24, 2.45) is 0 Å². The van der Waals surface area contributed by atoms with Gasteiger partial charge in [-0.3, -0.25) is 9.69 Å². The van der Waals surface area contributed by atoms with Gasteiger partial charge in [0.1, 0.15) is 17.2 Å². The van der Waals surface area contributed by atoms with Crippen molar-refractivity contribution in [3.8, 4) is 0 Å². The number of nitrogens with one attached hydrogen (secondary N) is 1. The smallest absolute Gasteiger partial charge is 0.276 e. The van der Waals surface area contributed by atoms with E-state index >= 15 is 0 Å². The monoisotopic (exact) mass is 292 g/mol. The molecule has 2 saturated heterocycles. The Morgan fingerprint density at radius 1 is 1.55 bits per heavy atom. The van der Waals surface area contributed by atoms with E-state index in [4.69, 9.17) is 21.4 Å². The fourth-order valence-corrected chi connectivity index (χ4v) is 2.67. The normalized spacial score (nSPS) is 24.8. The minimum atomic E-state index is -0.125. The lowest BCUT2D eigenvalue weighted by Crippen LogP contribution is -2.37. The molecule has 2 fully saturated rings. The molecule has 1 amide bonds. The molecular formula is C14H16N2O3S. The molecule has 20 heavy (non-hydrogen) atoms. The van der Waals surface area contributed by atoms with Crippen molar-refractivity contribution >= 4 is 29.3 Å². The molecule has 0 aromatic carbocycles. The zero-order chi connectivity index (χ0) is 14.1. The zero-order valence-corrected chi connectivity index (χ0v) is 12.0. The van der Waals surface area contributed by atoms with Gasteiger partial charge in [0, 0.05) is 12.7 Å². The molecule has 0 aliphatic carbocycles. The van der Waals surface area contributed by atoms with Crippen LogP contribution < -0.4 is 5.32 Å². The topological polar surface area (TPSA) is 54.7 Å². The molecule has 3 heterocycles. The van der Waals surface area contributed by atoms with E-state index in [1.54, 1.807) is 11.0 Å². The van der Waals surface area contributed by atoms with Gasteiger partial charge in [-0.1, -0.05) is 0 Å². The van der Waals surface area contributed by atoms with E-state index in [0.29, 0.717) is 23.1 Å². The molecule has 0 spiro atoms. The van der Waals surface area contributed by atoms with Gasteiger partial charge in [-0.2, -0.15) is 0 Å². The maximum Gasteiger partial charge on any atom is 0.276 e. The van der Waals surface area contributed by atoms with Crippen LogP contribution in [0.25, 0.3) is 6.08 Å². The molecule has 106 valence electrons. The van der Waals surface area contributed by atoms with Gasteiger partial charge in [-0.25, -0.2) is 0 Å². The number of hydrogen-bond donors (Lipinski definition) is 1. The number of furan rings is 1. The number of carbonyl (C=O) groups excluding carboxylic acids is 1. The molecule has 0 radical (unpaired) electrons. The van der Waals surface area contributed by atoms with Crippen LogP contribution in [0.5, 0.6) is 0 Å². The maximum absolute atomic E-state index is 12.3. The Labute approximate surface area is 122 Å². The van der Waals surface area contributed by atoms with E-state index in [1.807, 2.05) is 19.1 Å². The highest BCUT2D eigenvalue weighted by Gasteiger charge is 2.33. The summed E-state index contributed by atoms with van der Waals surface area (Å²) in [4.78, 5) is 13.9. The first-order valence-electron chi connectivity index (χ1n) is 6.66. The Bertz CT molecular complexity index is 573. The van der Waals surface area contributed by atoms with Crippen LogP contribution in [0.4, 0.5) is 0 Å². The van der Waals surface area contributed by atoms with E-state index in [0.717, 1.165) is 25.2 Å². The van der Waals surface area contributed by atoms with Crippen LogP contribution in [0.1, 0.15) is 24.4 Å². The van der Waals surface area contributed by atoms with E-state index in [1.165, 1.54) is 0 Å². The molecule has 1 atom stereocenters. The maximum atomic E-state index is 12.3. The third-order valence-corrected chi connectivity index (χ3v) is 3.74. The number of rotatable bonds is 3. The molecule has 3 rings (SSSR count). The van der Waals surface area contributed by atoms with E-state index < -0.39 is 0 Å². The number of amides is 1.